The van der Waals surface area contributed by atoms with E-state index in [-0.39, 0.29) is 18.4 Å². The smallest absolute Gasteiger partial charge is 0.263 e. The molecule has 208 valence electrons. The third-order valence-electron chi connectivity index (χ3n) is 7.44. The quantitative estimate of drug-likeness (QED) is 0.363. The van der Waals surface area contributed by atoms with Crippen LogP contribution in [0.15, 0.2) is 66.2 Å². The molecule has 2 aliphatic heterocycles. The largest absolute Gasteiger partial charge is 0.493 e. The van der Waals surface area contributed by atoms with Crippen LogP contribution in [0.3, 0.4) is 0 Å². The molecular formula is C32H35N3O5. The van der Waals surface area contributed by atoms with Crippen LogP contribution in [0.1, 0.15) is 38.8 Å². The Hall–Kier alpha value is -4.30. The number of anilines is 1. The van der Waals surface area contributed by atoms with Gasteiger partial charge in [0.25, 0.3) is 11.8 Å². The van der Waals surface area contributed by atoms with Crippen molar-refractivity contribution in [2.45, 2.75) is 13.5 Å². The van der Waals surface area contributed by atoms with Crippen LogP contribution in [-0.4, -0.2) is 75.7 Å². The molecular weight excluding hydrogens is 506 g/mol. The number of imide groups is 1. The van der Waals surface area contributed by atoms with Gasteiger partial charge in [-0.1, -0.05) is 48.0 Å². The minimum absolute atomic E-state index is 0.101. The first-order chi connectivity index (χ1) is 19.4. The number of benzene rings is 3. The van der Waals surface area contributed by atoms with Crippen LogP contribution in [0.2, 0.25) is 0 Å². The molecule has 1 fully saturated rings. The van der Waals surface area contributed by atoms with Crippen molar-refractivity contribution in [1.82, 2.24) is 9.80 Å². The van der Waals surface area contributed by atoms with Gasteiger partial charge in [-0.15, -0.1) is 0 Å². The minimum Gasteiger partial charge on any atom is -0.493 e. The van der Waals surface area contributed by atoms with Gasteiger partial charge in [0.2, 0.25) is 5.75 Å². The topological polar surface area (TPSA) is 71.6 Å². The maximum absolute atomic E-state index is 13.7. The summed E-state index contributed by atoms with van der Waals surface area (Å²) < 4.78 is 16.3. The summed E-state index contributed by atoms with van der Waals surface area (Å²) in [6.07, 6.45) is 2.23. The lowest BCUT2D eigenvalue weighted by Gasteiger charge is -2.37. The Morgan fingerprint density at radius 3 is 2.12 bits per heavy atom. The van der Waals surface area contributed by atoms with E-state index in [1.54, 1.807) is 18.2 Å². The molecule has 8 heteroatoms. The summed E-state index contributed by atoms with van der Waals surface area (Å²) in [5.74, 6) is 0.828. The molecule has 0 unspecified atom stereocenters. The molecule has 40 heavy (non-hydrogen) atoms. The fourth-order valence-corrected chi connectivity index (χ4v) is 5.51. The van der Waals surface area contributed by atoms with Crippen LogP contribution in [0.5, 0.6) is 17.2 Å². The zero-order valence-corrected chi connectivity index (χ0v) is 23.5. The number of piperazine rings is 1. The first kappa shape index (κ1) is 27.3. The predicted octanol–water partition coefficient (Wildman–Crippen LogP) is 4.73. The van der Waals surface area contributed by atoms with Crippen molar-refractivity contribution in [2.24, 2.45) is 0 Å². The standard InChI is InChI=1S/C32H35N3O5/c1-22(17-23-9-6-5-7-10-23)20-33-13-15-34(16-14-33)26-12-8-11-25-29(26)32(37)35(31(25)36)21-24-18-27(38-2)30(40-4)28(19-24)39-3/h5-12,17-19H,13-16,20-21H2,1-4H3. The second kappa shape index (κ2) is 11.8. The monoisotopic (exact) mass is 541 g/mol. The average Bonchev–Trinajstić information content (AvgIpc) is 3.22. The van der Waals surface area contributed by atoms with E-state index in [0.29, 0.717) is 33.9 Å². The van der Waals surface area contributed by atoms with Gasteiger partial charge in [0, 0.05) is 32.7 Å². The van der Waals surface area contributed by atoms with Crippen molar-refractivity contribution in [3.8, 4) is 17.2 Å². The number of carbonyl (C=O) groups excluding carboxylic acids is 2. The minimum atomic E-state index is -0.295. The number of fused-ring (bicyclic) bond motifs is 1. The zero-order valence-electron chi connectivity index (χ0n) is 23.5. The van der Waals surface area contributed by atoms with Gasteiger partial charge in [-0.2, -0.15) is 0 Å². The lowest BCUT2D eigenvalue weighted by atomic mass is 10.1. The Morgan fingerprint density at radius 1 is 0.825 bits per heavy atom. The van der Waals surface area contributed by atoms with Crippen LogP contribution in [0.25, 0.3) is 6.08 Å². The van der Waals surface area contributed by atoms with E-state index in [1.807, 2.05) is 30.3 Å². The van der Waals surface area contributed by atoms with Gasteiger partial charge in [-0.05, 0) is 42.3 Å². The summed E-state index contributed by atoms with van der Waals surface area (Å²) in [7, 11) is 4.61. The van der Waals surface area contributed by atoms with E-state index in [4.69, 9.17) is 14.2 Å². The Balaban J connectivity index is 1.30. The van der Waals surface area contributed by atoms with Crippen molar-refractivity contribution in [2.75, 3.05) is 59.0 Å². The summed E-state index contributed by atoms with van der Waals surface area (Å²) in [4.78, 5) is 33.0. The van der Waals surface area contributed by atoms with Crippen LogP contribution in [-0.2, 0) is 6.54 Å². The summed E-state index contributed by atoms with van der Waals surface area (Å²) in [5, 5.41) is 0. The number of nitrogens with zero attached hydrogens (tertiary/aromatic N) is 3. The number of methoxy groups -OCH3 is 3. The molecule has 0 aliphatic carbocycles. The third kappa shape index (κ3) is 5.40. The highest BCUT2D eigenvalue weighted by atomic mass is 16.5. The van der Waals surface area contributed by atoms with Gasteiger partial charge in [-0.3, -0.25) is 19.4 Å². The number of hydrogen-bond donors (Lipinski definition) is 0. The van der Waals surface area contributed by atoms with Crippen molar-refractivity contribution in [3.63, 3.8) is 0 Å². The Bertz CT molecular complexity index is 1400. The summed E-state index contributed by atoms with van der Waals surface area (Å²) in [5.41, 5.74) is 4.96. The summed E-state index contributed by atoms with van der Waals surface area (Å²) >= 11 is 0. The molecule has 0 aromatic heterocycles. The van der Waals surface area contributed by atoms with Gasteiger partial charge in [0.1, 0.15) is 0 Å². The maximum atomic E-state index is 13.7. The van der Waals surface area contributed by atoms with Gasteiger partial charge >= 0.3 is 0 Å². The number of hydrogen-bond acceptors (Lipinski definition) is 7. The predicted molar refractivity (Wildman–Crippen MR) is 155 cm³/mol. The summed E-state index contributed by atoms with van der Waals surface area (Å²) in [6, 6.07) is 19.4. The van der Waals surface area contributed by atoms with Gasteiger partial charge in [-0.25, -0.2) is 0 Å². The Labute approximate surface area is 235 Å². The summed E-state index contributed by atoms with van der Waals surface area (Å²) in [6.45, 7) is 6.48. The molecule has 0 N–H and O–H groups in total. The van der Waals surface area contributed by atoms with Crippen molar-refractivity contribution in [1.29, 1.82) is 0 Å². The molecule has 0 atom stereocenters. The van der Waals surface area contributed by atoms with E-state index in [9.17, 15) is 9.59 Å². The molecule has 0 spiro atoms. The highest BCUT2D eigenvalue weighted by Gasteiger charge is 2.39. The molecule has 3 aromatic carbocycles. The fraction of sp³-hybridized carbons (Fsp3) is 0.312. The molecule has 2 heterocycles. The second-order valence-electron chi connectivity index (χ2n) is 10.1. The number of amides is 2. The average molecular weight is 542 g/mol. The zero-order chi connectivity index (χ0) is 28.2. The molecule has 1 saturated heterocycles. The first-order valence-corrected chi connectivity index (χ1v) is 13.4. The van der Waals surface area contributed by atoms with E-state index in [0.717, 1.165) is 38.4 Å². The Kier molecular flexibility index (Phi) is 8.07. The number of rotatable bonds is 9. The SMILES string of the molecule is COc1cc(CN2C(=O)c3cccc(N4CCN(CC(C)=Cc5ccccc5)CC4)c3C2=O)cc(OC)c1OC. The van der Waals surface area contributed by atoms with Crippen molar-refractivity contribution < 1.29 is 23.8 Å². The van der Waals surface area contributed by atoms with E-state index < -0.39 is 0 Å². The van der Waals surface area contributed by atoms with E-state index in [1.165, 1.54) is 37.4 Å². The molecule has 8 nitrogen and oxygen atoms in total. The fourth-order valence-electron chi connectivity index (χ4n) is 5.51. The van der Waals surface area contributed by atoms with Crippen LogP contribution in [0, 0.1) is 0 Å². The van der Waals surface area contributed by atoms with E-state index >= 15 is 0 Å². The van der Waals surface area contributed by atoms with Crippen molar-refractivity contribution >= 4 is 23.6 Å². The molecule has 3 aromatic rings. The third-order valence-corrected chi connectivity index (χ3v) is 7.44. The number of ether oxygens (including phenoxy) is 3. The van der Waals surface area contributed by atoms with Crippen LogP contribution < -0.4 is 19.1 Å². The van der Waals surface area contributed by atoms with Gasteiger partial charge in [0.15, 0.2) is 11.5 Å². The van der Waals surface area contributed by atoms with Gasteiger partial charge < -0.3 is 19.1 Å². The van der Waals surface area contributed by atoms with E-state index in [2.05, 4.69) is 34.9 Å². The molecule has 0 saturated carbocycles. The second-order valence-corrected chi connectivity index (χ2v) is 10.1. The molecule has 2 amide bonds. The highest BCUT2D eigenvalue weighted by Crippen LogP contribution is 2.39. The molecule has 5 rings (SSSR count). The van der Waals surface area contributed by atoms with Crippen LogP contribution >= 0.6 is 0 Å². The van der Waals surface area contributed by atoms with Crippen LogP contribution in [0.4, 0.5) is 5.69 Å². The first-order valence-electron chi connectivity index (χ1n) is 13.4. The highest BCUT2D eigenvalue weighted by molar-refractivity contribution is 6.23. The Morgan fingerprint density at radius 2 is 1.50 bits per heavy atom. The lowest BCUT2D eigenvalue weighted by molar-refractivity contribution is 0.0642. The van der Waals surface area contributed by atoms with Gasteiger partial charge in [0.05, 0.1) is 44.7 Å². The van der Waals surface area contributed by atoms with Crippen molar-refractivity contribution in [3.05, 3.63) is 88.5 Å². The number of carbonyl (C=O) groups is 2. The molecule has 2 aliphatic rings. The normalized spacial score (nSPS) is 15.8. The lowest BCUT2D eigenvalue weighted by Crippen LogP contribution is -2.47. The molecule has 0 bridgehead atoms. The maximum Gasteiger partial charge on any atom is 0.263 e. The molecule has 0 radical (unpaired) electrons.